The molecular weight excluding hydrogens is 246 g/mol. The molecule has 0 aromatic heterocycles. The molecule has 2 N–H and O–H groups in total. The largest absolute Gasteiger partial charge is 0.494 e. The van der Waals surface area contributed by atoms with E-state index in [2.05, 4.69) is 24.4 Å². The molecule has 0 aliphatic rings. The first-order valence-electron chi connectivity index (χ1n) is 6.34. The van der Waals surface area contributed by atoms with Gasteiger partial charge in [-0.15, -0.1) is 0 Å². The lowest BCUT2D eigenvalue weighted by atomic mass is 10.1. The minimum absolute atomic E-state index is 0.223. The van der Waals surface area contributed by atoms with E-state index in [1.165, 1.54) is 11.1 Å². The van der Waals surface area contributed by atoms with Crippen molar-refractivity contribution in [2.24, 2.45) is 0 Å². The Morgan fingerprint density at radius 2 is 2.22 bits per heavy atom. The maximum absolute atomic E-state index is 8.84. The van der Waals surface area contributed by atoms with Gasteiger partial charge in [-0.2, -0.15) is 11.8 Å². The third-order valence-electron chi connectivity index (χ3n) is 2.81. The van der Waals surface area contributed by atoms with Crippen LogP contribution in [0.25, 0.3) is 0 Å². The lowest BCUT2D eigenvalue weighted by molar-refractivity contribution is 0.322. The molecule has 102 valence electrons. The molecule has 0 saturated heterocycles. The molecule has 0 aliphatic carbocycles. The Balaban J connectivity index is 2.84. The molecule has 0 saturated carbocycles. The van der Waals surface area contributed by atoms with Crippen LogP contribution < -0.4 is 10.1 Å². The van der Waals surface area contributed by atoms with Crippen LogP contribution in [0.15, 0.2) is 18.2 Å². The average molecular weight is 269 g/mol. The summed E-state index contributed by atoms with van der Waals surface area (Å²) in [5.41, 5.74) is 2.47. The minimum Gasteiger partial charge on any atom is -0.494 e. The van der Waals surface area contributed by atoms with Gasteiger partial charge in [0.25, 0.3) is 0 Å². The second-order valence-corrected chi connectivity index (χ2v) is 5.19. The Hall–Kier alpha value is -0.710. The van der Waals surface area contributed by atoms with Gasteiger partial charge in [-0.1, -0.05) is 6.07 Å². The zero-order chi connectivity index (χ0) is 13.4. The van der Waals surface area contributed by atoms with E-state index in [9.17, 15) is 0 Å². The predicted molar refractivity (Wildman–Crippen MR) is 78.3 cm³/mol. The summed E-state index contributed by atoms with van der Waals surface area (Å²) >= 11 is 1.72. The van der Waals surface area contributed by atoms with Crippen molar-refractivity contribution in [3.8, 4) is 5.75 Å². The molecule has 0 radical (unpaired) electrons. The SMILES string of the molecule is CCOc1ccc(C(C)NC)cc1CSCCO. The summed E-state index contributed by atoms with van der Waals surface area (Å²) in [6, 6.07) is 6.67. The first-order valence-corrected chi connectivity index (χ1v) is 7.49. The highest BCUT2D eigenvalue weighted by Gasteiger charge is 2.08. The van der Waals surface area contributed by atoms with Crippen molar-refractivity contribution in [3.05, 3.63) is 29.3 Å². The van der Waals surface area contributed by atoms with Crippen LogP contribution in [0.1, 0.15) is 31.0 Å². The van der Waals surface area contributed by atoms with Gasteiger partial charge in [0.15, 0.2) is 0 Å². The van der Waals surface area contributed by atoms with E-state index >= 15 is 0 Å². The summed E-state index contributed by atoms with van der Waals surface area (Å²) in [6.45, 7) is 5.04. The second kappa shape index (κ2) is 8.40. The first kappa shape index (κ1) is 15.3. The third-order valence-corrected chi connectivity index (χ3v) is 3.80. The van der Waals surface area contributed by atoms with Gasteiger partial charge in [-0.3, -0.25) is 0 Å². The Morgan fingerprint density at radius 1 is 1.44 bits per heavy atom. The molecule has 4 heteroatoms. The molecule has 1 unspecified atom stereocenters. The first-order chi connectivity index (χ1) is 8.72. The monoisotopic (exact) mass is 269 g/mol. The molecular formula is C14H23NO2S. The second-order valence-electron chi connectivity index (χ2n) is 4.09. The predicted octanol–water partition coefficient (Wildman–Crippen LogP) is 2.59. The summed E-state index contributed by atoms with van der Waals surface area (Å²) in [7, 11) is 1.96. The lowest BCUT2D eigenvalue weighted by Gasteiger charge is -2.15. The van der Waals surface area contributed by atoms with E-state index < -0.39 is 0 Å². The van der Waals surface area contributed by atoms with E-state index in [4.69, 9.17) is 9.84 Å². The number of thioether (sulfide) groups is 1. The van der Waals surface area contributed by atoms with Gasteiger partial charge in [0.2, 0.25) is 0 Å². The molecule has 0 bridgehead atoms. The molecule has 0 amide bonds. The molecule has 0 fully saturated rings. The van der Waals surface area contributed by atoms with Crippen LogP contribution in [0.4, 0.5) is 0 Å². The maximum atomic E-state index is 8.84. The zero-order valence-corrected chi connectivity index (χ0v) is 12.2. The van der Waals surface area contributed by atoms with Gasteiger partial charge in [0.1, 0.15) is 5.75 Å². The minimum atomic E-state index is 0.223. The summed E-state index contributed by atoms with van der Waals surface area (Å²) in [5, 5.41) is 12.1. The number of ether oxygens (including phenoxy) is 1. The fourth-order valence-electron chi connectivity index (χ4n) is 1.69. The van der Waals surface area contributed by atoms with Crippen LogP contribution in [0.5, 0.6) is 5.75 Å². The Morgan fingerprint density at radius 3 is 2.83 bits per heavy atom. The number of nitrogens with one attached hydrogen (secondary N) is 1. The summed E-state index contributed by atoms with van der Waals surface area (Å²) < 4.78 is 5.64. The number of rotatable bonds is 8. The van der Waals surface area contributed by atoms with Crippen LogP contribution in [0.3, 0.4) is 0 Å². The number of aliphatic hydroxyl groups excluding tert-OH is 1. The highest BCUT2D eigenvalue weighted by Crippen LogP contribution is 2.27. The number of hydrogen-bond donors (Lipinski definition) is 2. The lowest BCUT2D eigenvalue weighted by Crippen LogP contribution is -2.12. The van der Waals surface area contributed by atoms with Crippen LogP contribution in [0, 0.1) is 0 Å². The van der Waals surface area contributed by atoms with Crippen molar-refractivity contribution < 1.29 is 9.84 Å². The normalized spacial score (nSPS) is 12.4. The molecule has 1 aromatic rings. The van der Waals surface area contributed by atoms with Crippen LogP contribution >= 0.6 is 11.8 Å². The summed E-state index contributed by atoms with van der Waals surface area (Å²) in [4.78, 5) is 0. The van der Waals surface area contributed by atoms with E-state index in [-0.39, 0.29) is 6.61 Å². The topological polar surface area (TPSA) is 41.5 Å². The third kappa shape index (κ3) is 4.52. The van der Waals surface area contributed by atoms with E-state index in [0.29, 0.717) is 12.6 Å². The average Bonchev–Trinajstić information content (AvgIpc) is 2.40. The van der Waals surface area contributed by atoms with Crippen LogP contribution in [-0.4, -0.2) is 31.1 Å². The van der Waals surface area contributed by atoms with Gasteiger partial charge in [-0.25, -0.2) is 0 Å². The summed E-state index contributed by atoms with van der Waals surface area (Å²) in [5.74, 6) is 2.59. The molecule has 0 spiro atoms. The zero-order valence-electron chi connectivity index (χ0n) is 11.4. The van der Waals surface area contributed by atoms with Gasteiger partial charge < -0.3 is 15.2 Å². The van der Waals surface area contributed by atoms with Crippen LogP contribution in [-0.2, 0) is 5.75 Å². The molecule has 0 aliphatic heterocycles. The number of benzene rings is 1. The smallest absolute Gasteiger partial charge is 0.123 e. The van der Waals surface area contributed by atoms with E-state index in [0.717, 1.165) is 17.3 Å². The highest BCUT2D eigenvalue weighted by atomic mass is 32.2. The fraction of sp³-hybridized carbons (Fsp3) is 0.571. The van der Waals surface area contributed by atoms with Crippen LogP contribution in [0.2, 0.25) is 0 Å². The highest BCUT2D eigenvalue weighted by molar-refractivity contribution is 7.98. The number of aliphatic hydroxyl groups is 1. The fourth-order valence-corrected chi connectivity index (χ4v) is 2.41. The van der Waals surface area contributed by atoms with Crippen molar-refractivity contribution in [3.63, 3.8) is 0 Å². The molecule has 1 atom stereocenters. The summed E-state index contributed by atoms with van der Waals surface area (Å²) in [6.07, 6.45) is 0. The molecule has 1 rings (SSSR count). The quantitative estimate of drug-likeness (QED) is 0.712. The van der Waals surface area contributed by atoms with Crippen molar-refractivity contribution in [2.75, 3.05) is 26.0 Å². The van der Waals surface area contributed by atoms with Crippen molar-refractivity contribution >= 4 is 11.8 Å². The Bertz CT molecular complexity index is 358. The molecule has 0 heterocycles. The molecule has 3 nitrogen and oxygen atoms in total. The van der Waals surface area contributed by atoms with Crippen molar-refractivity contribution in [1.82, 2.24) is 5.32 Å². The maximum Gasteiger partial charge on any atom is 0.123 e. The van der Waals surface area contributed by atoms with E-state index in [1.807, 2.05) is 20.0 Å². The van der Waals surface area contributed by atoms with Crippen molar-refractivity contribution in [1.29, 1.82) is 0 Å². The van der Waals surface area contributed by atoms with Gasteiger partial charge in [0.05, 0.1) is 13.2 Å². The van der Waals surface area contributed by atoms with Gasteiger partial charge in [-0.05, 0) is 38.6 Å². The van der Waals surface area contributed by atoms with Crippen molar-refractivity contribution in [2.45, 2.75) is 25.6 Å². The molecule has 18 heavy (non-hydrogen) atoms. The van der Waals surface area contributed by atoms with Gasteiger partial charge >= 0.3 is 0 Å². The number of hydrogen-bond acceptors (Lipinski definition) is 4. The standard InChI is InChI=1S/C14H23NO2S/c1-4-17-14-6-5-12(11(2)15-3)9-13(14)10-18-8-7-16/h5-6,9,11,15-16H,4,7-8,10H2,1-3H3. The molecule has 1 aromatic carbocycles. The Kier molecular flexibility index (Phi) is 7.16. The van der Waals surface area contributed by atoms with E-state index in [1.54, 1.807) is 11.8 Å². The Labute approximate surface area is 114 Å². The van der Waals surface area contributed by atoms with Gasteiger partial charge in [0, 0.05) is 23.1 Å².